The minimum Gasteiger partial charge on any atom is -0.480 e. The van der Waals surface area contributed by atoms with Crippen LogP contribution in [0, 0.1) is 27.2 Å². The molecule has 10 heteroatoms. The first kappa shape index (κ1) is 13.4. The minimum absolute atomic E-state index is 0.0399. The van der Waals surface area contributed by atoms with E-state index >= 15 is 0 Å². The Bertz CT molecular complexity index is 695. The van der Waals surface area contributed by atoms with Gasteiger partial charge >= 0.3 is 5.69 Å². The molecule has 1 aromatic heterocycles. The molecule has 2 aromatic rings. The van der Waals surface area contributed by atoms with E-state index < -0.39 is 15.5 Å². The molecule has 1 heterocycles. The molecule has 1 aromatic carbocycles. The summed E-state index contributed by atoms with van der Waals surface area (Å²) in [6.45, 7) is 1.62. The van der Waals surface area contributed by atoms with E-state index in [0.29, 0.717) is 5.69 Å². The van der Waals surface area contributed by atoms with Crippen LogP contribution in [0.2, 0.25) is 0 Å². The van der Waals surface area contributed by atoms with Crippen molar-refractivity contribution in [1.29, 1.82) is 0 Å². The van der Waals surface area contributed by atoms with Crippen LogP contribution in [0.5, 0.6) is 5.88 Å². The van der Waals surface area contributed by atoms with Crippen molar-refractivity contribution in [3.8, 4) is 11.6 Å². The fraction of sp³-hybridized carbons (Fsp3) is 0.200. The number of benzene rings is 1. The standard InChI is InChI=1S/C10H9N5O5/c1-6-10(20-2)13(12-11-6)8-4-3-7(14(16)17)5-9(8)15(18)19/h3-5H,1-2H3. The lowest BCUT2D eigenvalue weighted by Crippen LogP contribution is -2.05. The molecule has 0 bridgehead atoms. The van der Waals surface area contributed by atoms with Gasteiger partial charge < -0.3 is 4.74 Å². The summed E-state index contributed by atoms with van der Waals surface area (Å²) >= 11 is 0. The summed E-state index contributed by atoms with van der Waals surface area (Å²) < 4.78 is 6.19. The predicted molar refractivity (Wildman–Crippen MR) is 66.0 cm³/mol. The quantitative estimate of drug-likeness (QED) is 0.611. The lowest BCUT2D eigenvalue weighted by molar-refractivity contribution is -0.394. The Labute approximate surface area is 111 Å². The zero-order chi connectivity index (χ0) is 14.9. The number of nitro groups is 2. The van der Waals surface area contributed by atoms with E-state index in [0.717, 1.165) is 16.8 Å². The van der Waals surface area contributed by atoms with Crippen LogP contribution in [0.15, 0.2) is 18.2 Å². The molecule has 2 rings (SSSR count). The summed E-state index contributed by atoms with van der Waals surface area (Å²) in [7, 11) is 1.37. The van der Waals surface area contributed by atoms with E-state index in [1.165, 1.54) is 13.2 Å². The smallest absolute Gasteiger partial charge is 0.301 e. The van der Waals surface area contributed by atoms with E-state index in [2.05, 4.69) is 10.3 Å². The van der Waals surface area contributed by atoms with Crippen LogP contribution in [-0.4, -0.2) is 32.0 Å². The van der Waals surface area contributed by atoms with Gasteiger partial charge in [0.25, 0.3) is 5.69 Å². The van der Waals surface area contributed by atoms with E-state index in [1.54, 1.807) is 6.92 Å². The first-order chi connectivity index (χ1) is 9.45. The fourth-order valence-corrected chi connectivity index (χ4v) is 1.69. The monoisotopic (exact) mass is 279 g/mol. The molecule has 0 aliphatic rings. The summed E-state index contributed by atoms with van der Waals surface area (Å²) in [5.41, 5.74) is -0.350. The van der Waals surface area contributed by atoms with Gasteiger partial charge in [0.2, 0.25) is 5.88 Å². The van der Waals surface area contributed by atoms with Crippen LogP contribution in [-0.2, 0) is 0 Å². The third-order valence-corrected chi connectivity index (χ3v) is 2.57. The van der Waals surface area contributed by atoms with Gasteiger partial charge in [0.1, 0.15) is 11.4 Å². The molecule has 0 spiro atoms. The topological polar surface area (TPSA) is 126 Å². The molecule has 0 saturated carbocycles. The zero-order valence-corrected chi connectivity index (χ0v) is 10.5. The molecular weight excluding hydrogens is 270 g/mol. The van der Waals surface area contributed by atoms with Crippen molar-refractivity contribution in [2.75, 3.05) is 7.11 Å². The fourth-order valence-electron chi connectivity index (χ4n) is 1.69. The Hall–Kier alpha value is -3.04. The summed E-state index contributed by atoms with van der Waals surface area (Å²) in [4.78, 5) is 20.3. The highest BCUT2D eigenvalue weighted by Gasteiger charge is 2.24. The highest BCUT2D eigenvalue weighted by atomic mass is 16.6. The van der Waals surface area contributed by atoms with Crippen molar-refractivity contribution in [3.05, 3.63) is 44.1 Å². The molecule has 0 atom stereocenters. The Morgan fingerprint density at radius 2 is 1.95 bits per heavy atom. The molecule has 10 nitrogen and oxygen atoms in total. The molecule has 0 saturated heterocycles. The number of nitro benzene ring substituents is 2. The number of hydrogen-bond acceptors (Lipinski definition) is 7. The number of methoxy groups -OCH3 is 1. The number of aryl methyl sites for hydroxylation is 1. The number of nitrogens with zero attached hydrogens (tertiary/aromatic N) is 5. The highest BCUT2D eigenvalue weighted by molar-refractivity contribution is 5.58. The van der Waals surface area contributed by atoms with Gasteiger partial charge in [0.05, 0.1) is 23.0 Å². The Balaban J connectivity index is 2.67. The van der Waals surface area contributed by atoms with Crippen molar-refractivity contribution in [1.82, 2.24) is 15.0 Å². The second-order valence-electron chi connectivity index (χ2n) is 3.78. The zero-order valence-electron chi connectivity index (χ0n) is 10.5. The molecule has 0 radical (unpaired) electrons. The maximum Gasteiger partial charge on any atom is 0.301 e. The third kappa shape index (κ3) is 2.13. The van der Waals surface area contributed by atoms with Crippen LogP contribution in [0.4, 0.5) is 11.4 Å². The first-order valence-electron chi connectivity index (χ1n) is 5.35. The summed E-state index contributed by atoms with van der Waals surface area (Å²) in [5, 5.41) is 29.2. The summed E-state index contributed by atoms with van der Waals surface area (Å²) in [5.74, 6) is 0.224. The largest absolute Gasteiger partial charge is 0.480 e. The van der Waals surface area contributed by atoms with Gasteiger partial charge in [-0.05, 0) is 13.0 Å². The average Bonchev–Trinajstić information content (AvgIpc) is 2.78. The van der Waals surface area contributed by atoms with Gasteiger partial charge in [-0.3, -0.25) is 20.2 Å². The van der Waals surface area contributed by atoms with Gasteiger partial charge in [-0.1, -0.05) is 5.21 Å². The lowest BCUT2D eigenvalue weighted by atomic mass is 10.2. The second kappa shape index (κ2) is 4.91. The SMILES string of the molecule is COc1c(C)nnn1-c1ccc([N+](=O)[O-])cc1[N+](=O)[O-]. The Kier molecular flexibility index (Phi) is 3.29. The predicted octanol–water partition coefficient (Wildman–Crippen LogP) is 1.40. The normalized spacial score (nSPS) is 10.3. The van der Waals surface area contributed by atoms with Crippen molar-refractivity contribution in [2.24, 2.45) is 0 Å². The van der Waals surface area contributed by atoms with Crippen LogP contribution >= 0.6 is 0 Å². The number of hydrogen-bond donors (Lipinski definition) is 0. The molecule has 20 heavy (non-hydrogen) atoms. The van der Waals surface area contributed by atoms with Crippen molar-refractivity contribution < 1.29 is 14.6 Å². The van der Waals surface area contributed by atoms with Crippen LogP contribution in [0.1, 0.15) is 5.69 Å². The minimum atomic E-state index is -0.723. The Morgan fingerprint density at radius 3 is 2.50 bits per heavy atom. The van der Waals surface area contributed by atoms with Gasteiger partial charge in [0, 0.05) is 6.07 Å². The molecule has 0 fully saturated rings. The van der Waals surface area contributed by atoms with E-state index in [-0.39, 0.29) is 17.3 Å². The molecule has 0 N–H and O–H groups in total. The van der Waals surface area contributed by atoms with Gasteiger partial charge in [-0.15, -0.1) is 5.10 Å². The van der Waals surface area contributed by atoms with Crippen molar-refractivity contribution in [3.63, 3.8) is 0 Å². The summed E-state index contributed by atoms with van der Waals surface area (Å²) in [6.07, 6.45) is 0. The number of rotatable bonds is 4. The summed E-state index contributed by atoms with van der Waals surface area (Å²) in [6, 6.07) is 3.25. The van der Waals surface area contributed by atoms with Crippen molar-refractivity contribution in [2.45, 2.75) is 6.92 Å². The van der Waals surface area contributed by atoms with Crippen molar-refractivity contribution >= 4 is 11.4 Å². The van der Waals surface area contributed by atoms with E-state index in [4.69, 9.17) is 4.74 Å². The molecule has 0 amide bonds. The van der Waals surface area contributed by atoms with E-state index in [9.17, 15) is 20.2 Å². The van der Waals surface area contributed by atoms with Crippen LogP contribution in [0.3, 0.4) is 0 Å². The third-order valence-electron chi connectivity index (χ3n) is 2.57. The highest BCUT2D eigenvalue weighted by Crippen LogP contribution is 2.30. The lowest BCUT2D eigenvalue weighted by Gasteiger charge is -2.06. The number of ether oxygens (including phenoxy) is 1. The van der Waals surface area contributed by atoms with Crippen LogP contribution < -0.4 is 4.74 Å². The molecular formula is C10H9N5O5. The average molecular weight is 279 g/mol. The molecule has 0 unspecified atom stereocenters. The maximum absolute atomic E-state index is 11.1. The molecule has 104 valence electrons. The maximum atomic E-state index is 11.1. The number of aromatic nitrogens is 3. The van der Waals surface area contributed by atoms with Crippen LogP contribution in [0.25, 0.3) is 5.69 Å². The molecule has 0 aliphatic carbocycles. The van der Waals surface area contributed by atoms with E-state index in [1.807, 2.05) is 0 Å². The van der Waals surface area contributed by atoms with Gasteiger partial charge in [0.15, 0.2) is 0 Å². The Morgan fingerprint density at radius 1 is 1.25 bits per heavy atom. The van der Waals surface area contributed by atoms with Gasteiger partial charge in [-0.2, -0.15) is 4.68 Å². The second-order valence-corrected chi connectivity index (χ2v) is 3.78. The first-order valence-corrected chi connectivity index (χ1v) is 5.35. The molecule has 0 aliphatic heterocycles. The van der Waals surface area contributed by atoms with Gasteiger partial charge in [-0.25, -0.2) is 0 Å². The number of non-ortho nitro benzene ring substituents is 1.